The number of benzene rings is 1. The average Bonchev–Trinajstić information content (AvgIpc) is 2.47. The topological polar surface area (TPSA) is 73.4 Å². The molecule has 8 heteroatoms. The maximum Gasteiger partial charge on any atom is 0.417 e. The fourth-order valence-electron chi connectivity index (χ4n) is 1.47. The molecule has 0 spiro atoms. The molecule has 0 saturated heterocycles. The quantitative estimate of drug-likeness (QED) is 0.850. The van der Waals surface area contributed by atoms with Gasteiger partial charge in [-0.25, -0.2) is 0 Å². The molecule has 2 rings (SSSR count). The predicted octanol–water partition coefficient (Wildman–Crippen LogP) is 3.39. The Bertz CT molecular complexity index is 742. The maximum atomic E-state index is 12.8. The van der Waals surface area contributed by atoms with Crippen LogP contribution in [-0.4, -0.2) is 10.2 Å². The number of rotatable bonds is 2. The van der Waals surface area contributed by atoms with Crippen LogP contribution in [0.1, 0.15) is 16.8 Å². The molecule has 2 aromatic rings. The van der Waals surface area contributed by atoms with Crippen molar-refractivity contribution in [1.82, 2.24) is 10.2 Å². The minimum atomic E-state index is -4.60. The van der Waals surface area contributed by atoms with Crippen molar-refractivity contribution in [3.63, 3.8) is 0 Å². The summed E-state index contributed by atoms with van der Waals surface area (Å²) in [6.07, 6.45) is -4.60. The summed E-state index contributed by atoms with van der Waals surface area (Å²) in [5.74, 6) is 0. The highest BCUT2D eigenvalue weighted by molar-refractivity contribution is 7.99. The van der Waals surface area contributed by atoms with E-state index in [0.29, 0.717) is 5.03 Å². The Morgan fingerprint density at radius 1 is 1.00 bits per heavy atom. The van der Waals surface area contributed by atoms with E-state index < -0.39 is 17.3 Å². The Kier molecular flexibility index (Phi) is 4.10. The van der Waals surface area contributed by atoms with Crippen LogP contribution >= 0.6 is 11.8 Å². The molecule has 0 aliphatic carbocycles. The van der Waals surface area contributed by atoms with Gasteiger partial charge in [0.05, 0.1) is 17.2 Å². The predicted molar refractivity (Wildman–Crippen MR) is 67.0 cm³/mol. The minimum Gasteiger partial charge on any atom is -0.192 e. The molecule has 0 saturated carbocycles. The van der Waals surface area contributed by atoms with Crippen LogP contribution in [0.2, 0.25) is 0 Å². The highest BCUT2D eigenvalue weighted by Gasteiger charge is 2.33. The summed E-state index contributed by atoms with van der Waals surface area (Å²) in [6.45, 7) is 0. The number of aromatic nitrogens is 2. The normalized spacial score (nSPS) is 10.7. The zero-order chi connectivity index (χ0) is 15.5. The SMILES string of the molecule is N#Cc1ccc(Sc2ccc(C#N)c(C(F)(F)F)c2)nn1. The van der Waals surface area contributed by atoms with Crippen molar-refractivity contribution in [1.29, 1.82) is 10.5 Å². The fourth-order valence-corrected chi connectivity index (χ4v) is 2.25. The molecule has 4 nitrogen and oxygen atoms in total. The lowest BCUT2D eigenvalue weighted by Crippen LogP contribution is -2.07. The maximum absolute atomic E-state index is 12.8. The molecule has 104 valence electrons. The summed E-state index contributed by atoms with van der Waals surface area (Å²) >= 11 is 0.964. The Morgan fingerprint density at radius 2 is 1.76 bits per heavy atom. The van der Waals surface area contributed by atoms with Crippen LogP contribution in [0.25, 0.3) is 0 Å². The third kappa shape index (κ3) is 3.50. The zero-order valence-corrected chi connectivity index (χ0v) is 11.0. The molecule has 0 bridgehead atoms. The monoisotopic (exact) mass is 306 g/mol. The Balaban J connectivity index is 2.33. The van der Waals surface area contributed by atoms with Gasteiger partial charge in [0.25, 0.3) is 0 Å². The number of alkyl halides is 3. The molecular weight excluding hydrogens is 301 g/mol. The third-order valence-electron chi connectivity index (χ3n) is 2.39. The first-order valence-corrected chi connectivity index (χ1v) is 6.28. The second-order valence-electron chi connectivity index (χ2n) is 3.79. The molecule has 0 radical (unpaired) electrons. The fraction of sp³-hybridized carbons (Fsp3) is 0.0769. The van der Waals surface area contributed by atoms with Gasteiger partial charge in [-0.2, -0.15) is 23.7 Å². The van der Waals surface area contributed by atoms with Crippen molar-refractivity contribution < 1.29 is 13.2 Å². The molecule has 0 aliphatic heterocycles. The van der Waals surface area contributed by atoms with E-state index in [2.05, 4.69) is 10.2 Å². The van der Waals surface area contributed by atoms with Crippen molar-refractivity contribution >= 4 is 11.8 Å². The average molecular weight is 306 g/mol. The van der Waals surface area contributed by atoms with E-state index in [1.807, 2.05) is 0 Å². The molecule has 0 aliphatic rings. The van der Waals surface area contributed by atoms with E-state index in [1.54, 1.807) is 6.07 Å². The van der Waals surface area contributed by atoms with Crippen molar-refractivity contribution in [3.05, 3.63) is 47.2 Å². The first-order chi connectivity index (χ1) is 9.94. The Hall–Kier alpha value is -2.58. The van der Waals surface area contributed by atoms with Gasteiger partial charge in [-0.1, -0.05) is 11.8 Å². The van der Waals surface area contributed by atoms with Crippen molar-refractivity contribution in [2.75, 3.05) is 0 Å². The summed E-state index contributed by atoms with van der Waals surface area (Å²) in [6, 6.07) is 9.62. The van der Waals surface area contributed by atoms with Crippen LogP contribution in [0.4, 0.5) is 13.2 Å². The lowest BCUT2D eigenvalue weighted by atomic mass is 10.1. The molecule has 1 aromatic carbocycles. The Morgan fingerprint density at radius 3 is 2.29 bits per heavy atom. The van der Waals surface area contributed by atoms with Crippen molar-refractivity contribution in [3.8, 4) is 12.1 Å². The number of hydrogen-bond acceptors (Lipinski definition) is 5. The van der Waals surface area contributed by atoms with Crippen LogP contribution < -0.4 is 0 Å². The molecule has 0 amide bonds. The van der Waals surface area contributed by atoms with E-state index in [-0.39, 0.29) is 10.6 Å². The molecule has 0 atom stereocenters. The number of nitriles is 2. The molecule has 0 fully saturated rings. The minimum absolute atomic E-state index is 0.121. The third-order valence-corrected chi connectivity index (χ3v) is 3.31. The summed E-state index contributed by atoms with van der Waals surface area (Å²) in [4.78, 5) is 0.278. The molecule has 21 heavy (non-hydrogen) atoms. The van der Waals surface area contributed by atoms with Gasteiger partial charge in [0.2, 0.25) is 0 Å². The van der Waals surface area contributed by atoms with Gasteiger partial charge in [-0.3, -0.25) is 0 Å². The van der Waals surface area contributed by atoms with E-state index in [9.17, 15) is 13.2 Å². The van der Waals surface area contributed by atoms with E-state index in [0.717, 1.165) is 23.9 Å². The largest absolute Gasteiger partial charge is 0.417 e. The van der Waals surface area contributed by atoms with Gasteiger partial charge < -0.3 is 0 Å². The van der Waals surface area contributed by atoms with Gasteiger partial charge in [-0.15, -0.1) is 10.2 Å². The second kappa shape index (κ2) is 5.81. The van der Waals surface area contributed by atoms with Gasteiger partial charge in [0.1, 0.15) is 11.1 Å². The molecule has 1 heterocycles. The van der Waals surface area contributed by atoms with Gasteiger partial charge in [0, 0.05) is 4.90 Å². The van der Waals surface area contributed by atoms with Crippen LogP contribution in [0.5, 0.6) is 0 Å². The first-order valence-electron chi connectivity index (χ1n) is 5.47. The standard InChI is InChI=1S/C13H5F3N4S/c14-13(15,16)11-5-10(3-1-8(11)6-17)21-12-4-2-9(7-18)19-20-12/h1-5H. The van der Waals surface area contributed by atoms with Gasteiger partial charge >= 0.3 is 6.18 Å². The number of halogens is 3. The molecule has 1 aromatic heterocycles. The summed E-state index contributed by atoms with van der Waals surface area (Å²) in [7, 11) is 0. The number of hydrogen-bond donors (Lipinski definition) is 0. The van der Waals surface area contributed by atoms with Crippen molar-refractivity contribution in [2.24, 2.45) is 0 Å². The molecule has 0 unspecified atom stereocenters. The van der Waals surface area contributed by atoms with Crippen LogP contribution in [0.15, 0.2) is 40.3 Å². The summed E-state index contributed by atoms with van der Waals surface area (Å²) in [5.41, 5.74) is -1.30. The highest BCUT2D eigenvalue weighted by atomic mass is 32.2. The second-order valence-corrected chi connectivity index (χ2v) is 4.88. The van der Waals surface area contributed by atoms with E-state index in [1.165, 1.54) is 24.3 Å². The molecular formula is C13H5F3N4S. The number of nitrogens with zero attached hydrogens (tertiary/aromatic N) is 4. The van der Waals surface area contributed by atoms with Crippen LogP contribution in [0, 0.1) is 22.7 Å². The molecule has 0 N–H and O–H groups in total. The van der Waals surface area contributed by atoms with Gasteiger partial charge in [-0.05, 0) is 30.3 Å². The lowest BCUT2D eigenvalue weighted by Gasteiger charge is -2.10. The van der Waals surface area contributed by atoms with Crippen LogP contribution in [-0.2, 0) is 6.18 Å². The summed E-state index contributed by atoms with van der Waals surface area (Å²) < 4.78 is 38.5. The Labute approximate surface area is 121 Å². The summed E-state index contributed by atoms with van der Waals surface area (Å²) in [5, 5.41) is 25.0. The smallest absolute Gasteiger partial charge is 0.192 e. The van der Waals surface area contributed by atoms with E-state index >= 15 is 0 Å². The van der Waals surface area contributed by atoms with Gasteiger partial charge in [0.15, 0.2) is 5.69 Å². The van der Waals surface area contributed by atoms with E-state index in [4.69, 9.17) is 10.5 Å². The van der Waals surface area contributed by atoms with Crippen LogP contribution in [0.3, 0.4) is 0 Å². The zero-order valence-electron chi connectivity index (χ0n) is 10.2. The van der Waals surface area contributed by atoms with Crippen molar-refractivity contribution in [2.45, 2.75) is 16.1 Å². The first kappa shape index (κ1) is 14.8. The lowest BCUT2D eigenvalue weighted by molar-refractivity contribution is -0.137. The highest BCUT2D eigenvalue weighted by Crippen LogP contribution is 2.35.